The van der Waals surface area contributed by atoms with Gasteiger partial charge in [0, 0.05) is 19.0 Å². The highest BCUT2D eigenvalue weighted by molar-refractivity contribution is 5.93. The van der Waals surface area contributed by atoms with E-state index in [9.17, 15) is 9.90 Å². The fourth-order valence-electron chi connectivity index (χ4n) is 2.94. The lowest BCUT2D eigenvalue weighted by Gasteiger charge is -2.25. The third-order valence-corrected chi connectivity index (χ3v) is 4.04. The molecule has 2 N–H and O–H groups in total. The summed E-state index contributed by atoms with van der Waals surface area (Å²) in [5.41, 5.74) is 0.783. The molecular weight excluding hydrogens is 282 g/mol. The van der Waals surface area contributed by atoms with E-state index in [1.807, 2.05) is 6.07 Å². The summed E-state index contributed by atoms with van der Waals surface area (Å²) in [4.78, 5) is 17.1. The molecule has 0 spiro atoms. The van der Waals surface area contributed by atoms with Crippen molar-refractivity contribution in [2.45, 2.75) is 31.4 Å². The van der Waals surface area contributed by atoms with Gasteiger partial charge < -0.3 is 19.4 Å². The number of hydrogen-bond acceptors (Lipinski definition) is 4. The summed E-state index contributed by atoms with van der Waals surface area (Å²) < 4.78 is 5.21. The molecule has 1 amide bonds. The van der Waals surface area contributed by atoms with Gasteiger partial charge in [0.15, 0.2) is 0 Å². The van der Waals surface area contributed by atoms with Crippen molar-refractivity contribution >= 4 is 5.91 Å². The van der Waals surface area contributed by atoms with Crippen molar-refractivity contribution in [1.82, 2.24) is 9.88 Å². The van der Waals surface area contributed by atoms with E-state index < -0.39 is 6.10 Å². The molecule has 22 heavy (non-hydrogen) atoms. The van der Waals surface area contributed by atoms with Crippen molar-refractivity contribution in [3.05, 3.63) is 47.7 Å². The van der Waals surface area contributed by atoms with E-state index >= 15 is 0 Å². The standard InChI is InChI=1S/C16H17N3O3/c17-10-11-5-6-13(18-11)16(21)19-7-1-3-12(19)9-14(20)15-4-2-8-22-15/h2,4-6,8,12,14,18,20H,1,3,7,9H2. The summed E-state index contributed by atoms with van der Waals surface area (Å²) in [6.45, 7) is 0.662. The lowest BCUT2D eigenvalue weighted by molar-refractivity contribution is 0.0636. The van der Waals surface area contributed by atoms with Crippen LogP contribution in [0.5, 0.6) is 0 Å². The largest absolute Gasteiger partial charge is 0.467 e. The molecule has 1 fully saturated rings. The van der Waals surface area contributed by atoms with Crippen molar-refractivity contribution in [2.75, 3.05) is 6.54 Å². The number of H-pyrrole nitrogens is 1. The minimum absolute atomic E-state index is 0.0264. The Morgan fingerprint density at radius 1 is 1.55 bits per heavy atom. The van der Waals surface area contributed by atoms with Crippen molar-refractivity contribution in [3.63, 3.8) is 0 Å². The number of aromatic amines is 1. The molecule has 2 atom stereocenters. The molecule has 0 aromatic carbocycles. The number of carbonyl (C=O) groups is 1. The number of carbonyl (C=O) groups excluding carboxylic acids is 1. The first-order valence-electron chi connectivity index (χ1n) is 7.30. The zero-order valence-electron chi connectivity index (χ0n) is 12.0. The van der Waals surface area contributed by atoms with Gasteiger partial charge >= 0.3 is 0 Å². The first-order chi connectivity index (χ1) is 10.7. The third kappa shape index (κ3) is 2.76. The van der Waals surface area contributed by atoms with Gasteiger partial charge in [0.1, 0.15) is 29.3 Å². The van der Waals surface area contributed by atoms with Gasteiger partial charge in [-0.25, -0.2) is 0 Å². The van der Waals surface area contributed by atoms with Crippen LogP contribution < -0.4 is 0 Å². The maximum Gasteiger partial charge on any atom is 0.270 e. The minimum Gasteiger partial charge on any atom is -0.467 e. The van der Waals surface area contributed by atoms with Gasteiger partial charge in [-0.15, -0.1) is 0 Å². The van der Waals surface area contributed by atoms with Gasteiger partial charge in [-0.2, -0.15) is 5.26 Å². The number of furan rings is 1. The van der Waals surface area contributed by atoms with E-state index in [0.29, 0.717) is 30.1 Å². The summed E-state index contributed by atoms with van der Waals surface area (Å²) in [5.74, 6) is 0.390. The number of likely N-dealkylation sites (tertiary alicyclic amines) is 1. The van der Waals surface area contributed by atoms with Crippen LogP contribution in [0.15, 0.2) is 34.9 Å². The Hall–Kier alpha value is -2.52. The Balaban J connectivity index is 1.70. The molecule has 0 bridgehead atoms. The fourth-order valence-corrected chi connectivity index (χ4v) is 2.94. The Labute approximate surface area is 128 Å². The van der Waals surface area contributed by atoms with Crippen molar-refractivity contribution in [2.24, 2.45) is 0 Å². The smallest absolute Gasteiger partial charge is 0.270 e. The summed E-state index contributed by atoms with van der Waals surface area (Å²) in [7, 11) is 0. The molecule has 2 aromatic rings. The summed E-state index contributed by atoms with van der Waals surface area (Å²) in [5, 5.41) is 19.0. The third-order valence-electron chi connectivity index (χ3n) is 4.04. The zero-order valence-corrected chi connectivity index (χ0v) is 12.0. The van der Waals surface area contributed by atoms with Crippen LogP contribution in [0.1, 0.15) is 47.3 Å². The number of amides is 1. The Morgan fingerprint density at radius 2 is 2.41 bits per heavy atom. The predicted octanol–water partition coefficient (Wildman–Crippen LogP) is 2.21. The van der Waals surface area contributed by atoms with E-state index in [1.165, 1.54) is 6.26 Å². The van der Waals surface area contributed by atoms with Crippen LogP contribution in [-0.4, -0.2) is 33.5 Å². The molecule has 6 nitrogen and oxygen atoms in total. The van der Waals surface area contributed by atoms with Crippen LogP contribution in [0.2, 0.25) is 0 Å². The molecule has 3 heterocycles. The Bertz CT molecular complexity index is 684. The number of rotatable bonds is 4. The average Bonchev–Trinajstić information content (AvgIpc) is 3.26. The maximum atomic E-state index is 12.5. The van der Waals surface area contributed by atoms with E-state index in [-0.39, 0.29) is 11.9 Å². The van der Waals surface area contributed by atoms with E-state index in [1.54, 1.807) is 29.2 Å². The van der Waals surface area contributed by atoms with Gasteiger partial charge in [0.05, 0.1) is 6.26 Å². The van der Waals surface area contributed by atoms with Gasteiger partial charge in [-0.1, -0.05) is 0 Å². The quantitative estimate of drug-likeness (QED) is 0.905. The number of aliphatic hydroxyl groups is 1. The predicted molar refractivity (Wildman–Crippen MR) is 77.9 cm³/mol. The lowest BCUT2D eigenvalue weighted by Crippen LogP contribution is -2.36. The number of hydrogen-bond donors (Lipinski definition) is 2. The Kier molecular flexibility index (Phi) is 3.98. The van der Waals surface area contributed by atoms with Gasteiger partial charge in [-0.3, -0.25) is 4.79 Å². The zero-order chi connectivity index (χ0) is 15.5. The van der Waals surface area contributed by atoms with Crippen molar-refractivity contribution in [3.8, 4) is 6.07 Å². The monoisotopic (exact) mass is 299 g/mol. The first kappa shape index (κ1) is 14.4. The molecule has 0 saturated carbocycles. The van der Waals surface area contributed by atoms with Gasteiger partial charge in [0.2, 0.25) is 0 Å². The second-order valence-electron chi connectivity index (χ2n) is 5.46. The second-order valence-corrected chi connectivity index (χ2v) is 5.46. The molecule has 1 aliphatic heterocycles. The highest BCUT2D eigenvalue weighted by atomic mass is 16.4. The van der Waals surface area contributed by atoms with Gasteiger partial charge in [0.25, 0.3) is 5.91 Å². The van der Waals surface area contributed by atoms with Crippen molar-refractivity contribution < 1.29 is 14.3 Å². The highest BCUT2D eigenvalue weighted by Crippen LogP contribution is 2.28. The minimum atomic E-state index is -0.716. The normalized spacial score (nSPS) is 19.1. The first-order valence-corrected chi connectivity index (χ1v) is 7.30. The van der Waals surface area contributed by atoms with Gasteiger partial charge in [-0.05, 0) is 37.1 Å². The molecule has 114 valence electrons. The summed E-state index contributed by atoms with van der Waals surface area (Å²) in [6.07, 6.45) is 3.03. The number of aliphatic hydroxyl groups excluding tert-OH is 1. The topological polar surface area (TPSA) is 93.3 Å². The van der Waals surface area contributed by atoms with E-state index in [2.05, 4.69) is 4.98 Å². The van der Waals surface area contributed by atoms with Crippen LogP contribution in [0.25, 0.3) is 0 Å². The molecule has 6 heteroatoms. The van der Waals surface area contributed by atoms with Crippen LogP contribution in [0, 0.1) is 11.3 Å². The molecule has 0 aliphatic carbocycles. The number of nitrogens with zero attached hydrogens (tertiary/aromatic N) is 2. The molecule has 1 aliphatic rings. The second kappa shape index (κ2) is 6.08. The molecule has 1 saturated heterocycles. The average molecular weight is 299 g/mol. The summed E-state index contributed by atoms with van der Waals surface area (Å²) >= 11 is 0. The van der Waals surface area contributed by atoms with E-state index in [0.717, 1.165) is 12.8 Å². The highest BCUT2D eigenvalue weighted by Gasteiger charge is 2.32. The molecule has 2 unspecified atom stereocenters. The van der Waals surface area contributed by atoms with E-state index in [4.69, 9.17) is 9.68 Å². The lowest BCUT2D eigenvalue weighted by atomic mass is 10.0. The van der Waals surface area contributed by atoms with Crippen LogP contribution in [0.3, 0.4) is 0 Å². The van der Waals surface area contributed by atoms with Crippen LogP contribution >= 0.6 is 0 Å². The number of nitriles is 1. The Morgan fingerprint density at radius 3 is 3.09 bits per heavy atom. The molecule has 2 aromatic heterocycles. The number of aromatic nitrogens is 1. The SMILES string of the molecule is N#Cc1ccc(C(=O)N2CCCC2CC(O)c2ccco2)[nH]1. The summed E-state index contributed by atoms with van der Waals surface area (Å²) in [6, 6.07) is 8.63. The molecule has 3 rings (SSSR count). The van der Waals surface area contributed by atoms with Crippen LogP contribution in [-0.2, 0) is 0 Å². The van der Waals surface area contributed by atoms with Crippen LogP contribution in [0.4, 0.5) is 0 Å². The molecule has 0 radical (unpaired) electrons. The maximum absolute atomic E-state index is 12.5. The fraction of sp³-hybridized carbons (Fsp3) is 0.375. The molecular formula is C16H17N3O3. The van der Waals surface area contributed by atoms with Crippen molar-refractivity contribution in [1.29, 1.82) is 5.26 Å². The number of nitrogens with one attached hydrogen (secondary N) is 1.